The Morgan fingerprint density at radius 2 is 1.64 bits per heavy atom. The van der Waals surface area contributed by atoms with Crippen molar-refractivity contribution in [3.63, 3.8) is 0 Å². The maximum absolute atomic E-state index is 11.9. The number of carbonyl (C=O) groups is 2. The molecule has 0 fully saturated rings. The van der Waals surface area contributed by atoms with E-state index in [1.165, 1.54) is 31.2 Å². The summed E-state index contributed by atoms with van der Waals surface area (Å²) in [5, 5.41) is 16.0. The highest BCUT2D eigenvalue weighted by Gasteiger charge is 2.18. The lowest BCUT2D eigenvalue weighted by Gasteiger charge is -2.21. The van der Waals surface area contributed by atoms with Crippen molar-refractivity contribution >= 4 is 22.4 Å². The second-order valence-electron chi connectivity index (χ2n) is 7.39. The Hall–Kier alpha value is -1.89. The number of Topliss-reactive ketones (excluding diaryl/α,β-unsaturated/α-hetero) is 1. The fourth-order valence-corrected chi connectivity index (χ4v) is 3.28. The Labute approximate surface area is 196 Å². The third kappa shape index (κ3) is 13.4. The molecule has 0 heterocycles. The number of unbranched alkanes of at least 4 members (excludes halogenated alkanes) is 1. The first-order valence-corrected chi connectivity index (χ1v) is 12.1. The van der Waals surface area contributed by atoms with E-state index in [0.29, 0.717) is 64.4 Å². The van der Waals surface area contributed by atoms with Gasteiger partial charge in [0.05, 0.1) is 44.0 Å². The molecule has 0 radical (unpaired) electrons. The van der Waals surface area contributed by atoms with Gasteiger partial charge in [0.15, 0.2) is 10.7 Å². The fourth-order valence-electron chi connectivity index (χ4n) is 2.89. The van der Waals surface area contributed by atoms with Crippen LogP contribution in [0, 0.1) is 0 Å². The highest BCUT2D eigenvalue weighted by molar-refractivity contribution is 7.72. The lowest BCUT2D eigenvalue weighted by molar-refractivity contribution is -0.122. The second kappa shape index (κ2) is 17.6. The molecule has 1 aromatic rings. The van der Waals surface area contributed by atoms with Crippen molar-refractivity contribution in [1.29, 1.82) is 0 Å². The van der Waals surface area contributed by atoms with E-state index in [0.717, 1.165) is 0 Å². The summed E-state index contributed by atoms with van der Waals surface area (Å²) in [4.78, 5) is 23.9. The number of amides is 1. The van der Waals surface area contributed by atoms with Crippen LogP contribution in [0.25, 0.3) is 0 Å². The third-order valence-electron chi connectivity index (χ3n) is 4.79. The molecule has 0 aliphatic rings. The molecule has 0 spiro atoms. The van der Waals surface area contributed by atoms with Gasteiger partial charge >= 0.3 is 0 Å². The van der Waals surface area contributed by atoms with Crippen molar-refractivity contribution in [2.45, 2.75) is 49.8 Å². The standard InChI is InChI=1S/C22H36N2O8S/c1-17(25)20(24-22(27)18-6-8-19(9-7-18)33(28)29)5-3-4-11-23-21(26)10-12-31-15-16-32-14-13-30-2/h6-9,20,22,24,27,33H,3-5,10-16H2,1-2H3,(H,23,26). The lowest BCUT2D eigenvalue weighted by Crippen LogP contribution is -2.38. The summed E-state index contributed by atoms with van der Waals surface area (Å²) in [5.74, 6) is -0.212. The summed E-state index contributed by atoms with van der Waals surface area (Å²) in [6, 6.07) is 5.26. The van der Waals surface area contributed by atoms with Crippen LogP contribution >= 0.6 is 0 Å². The van der Waals surface area contributed by atoms with Crippen LogP contribution in [0.4, 0.5) is 0 Å². The molecule has 0 saturated heterocycles. The minimum absolute atomic E-state index is 0.102. The molecule has 33 heavy (non-hydrogen) atoms. The fraction of sp³-hybridized carbons (Fsp3) is 0.636. The molecule has 188 valence electrons. The average Bonchev–Trinajstić information content (AvgIpc) is 2.79. The van der Waals surface area contributed by atoms with Gasteiger partial charge < -0.3 is 24.6 Å². The van der Waals surface area contributed by atoms with Crippen LogP contribution in [-0.2, 0) is 34.5 Å². The SMILES string of the molecule is COCCOCCOCCC(=O)NCCCCC(NC(O)c1ccc([SH](=O)=O)cc1)C(C)=O. The second-order valence-corrected chi connectivity index (χ2v) is 8.42. The topological polar surface area (TPSA) is 140 Å². The van der Waals surface area contributed by atoms with Crippen LogP contribution in [0.1, 0.15) is 44.4 Å². The van der Waals surface area contributed by atoms with Crippen LogP contribution in [0.5, 0.6) is 0 Å². The number of thiol groups is 1. The first-order chi connectivity index (χ1) is 15.8. The van der Waals surface area contributed by atoms with E-state index in [9.17, 15) is 23.1 Å². The Balaban J connectivity index is 2.20. The predicted octanol–water partition coefficient (Wildman–Crippen LogP) is 0.551. The molecule has 2 atom stereocenters. The Kier molecular flexibility index (Phi) is 15.5. The van der Waals surface area contributed by atoms with Crippen LogP contribution in [-0.4, -0.2) is 77.9 Å². The third-order valence-corrected chi connectivity index (χ3v) is 5.51. The van der Waals surface area contributed by atoms with Gasteiger partial charge in [-0.15, -0.1) is 0 Å². The minimum atomic E-state index is -2.68. The van der Waals surface area contributed by atoms with Gasteiger partial charge in [-0.1, -0.05) is 12.1 Å². The Bertz CT molecular complexity index is 762. The quantitative estimate of drug-likeness (QED) is 0.125. The number of carbonyl (C=O) groups excluding carboxylic acids is 2. The zero-order valence-electron chi connectivity index (χ0n) is 19.3. The number of methoxy groups -OCH3 is 1. The number of aliphatic hydroxyl groups excluding tert-OH is 1. The van der Waals surface area contributed by atoms with Gasteiger partial charge in [-0.2, -0.15) is 0 Å². The lowest BCUT2D eigenvalue weighted by atomic mass is 10.0. The van der Waals surface area contributed by atoms with E-state index in [2.05, 4.69) is 10.6 Å². The van der Waals surface area contributed by atoms with E-state index in [1.807, 2.05) is 0 Å². The van der Waals surface area contributed by atoms with E-state index >= 15 is 0 Å². The van der Waals surface area contributed by atoms with E-state index in [1.54, 1.807) is 7.11 Å². The number of hydrogen-bond acceptors (Lipinski definition) is 9. The number of nitrogens with one attached hydrogen (secondary N) is 2. The molecule has 0 bridgehead atoms. The van der Waals surface area contributed by atoms with Crippen LogP contribution in [0.3, 0.4) is 0 Å². The number of aliphatic hydroxyl groups is 1. The molecular weight excluding hydrogens is 452 g/mol. The zero-order valence-corrected chi connectivity index (χ0v) is 20.2. The Morgan fingerprint density at radius 1 is 1.00 bits per heavy atom. The molecule has 0 saturated carbocycles. The molecule has 10 nitrogen and oxygen atoms in total. The summed E-state index contributed by atoms with van der Waals surface area (Å²) >= 11 is 0. The summed E-state index contributed by atoms with van der Waals surface area (Å²) in [6.45, 7) is 4.18. The van der Waals surface area contributed by atoms with Crippen LogP contribution in [0.15, 0.2) is 29.2 Å². The minimum Gasteiger partial charge on any atom is -0.382 e. The first-order valence-electron chi connectivity index (χ1n) is 10.9. The van der Waals surface area contributed by atoms with Crippen molar-refractivity contribution < 1.29 is 37.3 Å². The maximum atomic E-state index is 11.9. The largest absolute Gasteiger partial charge is 0.382 e. The monoisotopic (exact) mass is 488 g/mol. The summed E-state index contributed by atoms with van der Waals surface area (Å²) in [7, 11) is -1.08. The molecule has 0 aromatic heterocycles. The molecule has 2 unspecified atom stereocenters. The van der Waals surface area contributed by atoms with Crippen molar-refractivity contribution in [2.24, 2.45) is 0 Å². The molecule has 11 heteroatoms. The van der Waals surface area contributed by atoms with Gasteiger partial charge in [-0.25, -0.2) is 8.42 Å². The van der Waals surface area contributed by atoms with Gasteiger partial charge in [0.1, 0.15) is 12.0 Å². The highest BCUT2D eigenvalue weighted by Crippen LogP contribution is 2.14. The molecule has 0 aliphatic carbocycles. The zero-order chi connectivity index (χ0) is 24.5. The number of hydrogen-bond donors (Lipinski definition) is 4. The molecule has 1 amide bonds. The van der Waals surface area contributed by atoms with Gasteiger partial charge in [0.2, 0.25) is 5.91 Å². The van der Waals surface area contributed by atoms with E-state index in [-0.39, 0.29) is 23.0 Å². The van der Waals surface area contributed by atoms with Crippen molar-refractivity contribution in [3.05, 3.63) is 29.8 Å². The van der Waals surface area contributed by atoms with Gasteiger partial charge in [-0.3, -0.25) is 14.9 Å². The molecule has 3 N–H and O–H groups in total. The predicted molar refractivity (Wildman–Crippen MR) is 123 cm³/mol. The average molecular weight is 489 g/mol. The smallest absolute Gasteiger partial charge is 0.222 e. The van der Waals surface area contributed by atoms with Crippen molar-refractivity contribution in [2.75, 3.05) is 46.7 Å². The maximum Gasteiger partial charge on any atom is 0.222 e. The first kappa shape index (κ1) is 29.1. The van der Waals surface area contributed by atoms with E-state index < -0.39 is 23.0 Å². The highest BCUT2D eigenvalue weighted by atomic mass is 32.2. The number of ketones is 1. The van der Waals surface area contributed by atoms with Crippen molar-refractivity contribution in [3.8, 4) is 0 Å². The Morgan fingerprint density at radius 3 is 2.24 bits per heavy atom. The van der Waals surface area contributed by atoms with E-state index in [4.69, 9.17) is 14.2 Å². The summed E-state index contributed by atoms with van der Waals surface area (Å²) in [6.07, 6.45) is 1.03. The molecule has 1 aromatic carbocycles. The normalized spacial score (nSPS) is 13.1. The number of benzene rings is 1. The van der Waals surface area contributed by atoms with Gasteiger partial charge in [-0.05, 0) is 43.9 Å². The molecular formula is C22H36N2O8S. The van der Waals surface area contributed by atoms with Gasteiger partial charge in [0.25, 0.3) is 0 Å². The summed E-state index contributed by atoms with van der Waals surface area (Å²) < 4.78 is 37.4. The van der Waals surface area contributed by atoms with Crippen molar-refractivity contribution in [1.82, 2.24) is 10.6 Å². The number of rotatable bonds is 19. The molecule has 0 aliphatic heterocycles. The molecule has 1 rings (SSSR count). The van der Waals surface area contributed by atoms with Crippen LogP contribution < -0.4 is 10.6 Å². The number of ether oxygens (including phenoxy) is 3. The summed E-state index contributed by atoms with van der Waals surface area (Å²) in [5.41, 5.74) is 0.470. The van der Waals surface area contributed by atoms with Gasteiger partial charge in [0, 0.05) is 20.1 Å². The van der Waals surface area contributed by atoms with Crippen LogP contribution in [0.2, 0.25) is 0 Å².